The first-order valence-corrected chi connectivity index (χ1v) is 6.02. The van der Waals surface area contributed by atoms with Crippen molar-refractivity contribution in [2.24, 2.45) is 0 Å². The zero-order valence-electron chi connectivity index (χ0n) is 7.93. The number of hydrogen-bond acceptors (Lipinski definition) is 1. The third kappa shape index (κ3) is 2.89. The van der Waals surface area contributed by atoms with E-state index in [0.717, 1.165) is 20.8 Å². The van der Waals surface area contributed by atoms with Gasteiger partial charge in [-0.15, -0.1) is 0 Å². The molecule has 2 aromatic rings. The van der Waals surface area contributed by atoms with Crippen LogP contribution in [0.25, 0.3) is 0 Å². The summed E-state index contributed by atoms with van der Waals surface area (Å²) in [6.45, 7) is 0.782. The summed E-state index contributed by atoms with van der Waals surface area (Å²) in [6, 6.07) is 8.01. The number of nitrogens with one attached hydrogen (secondary N) is 2. The second-order valence-electron chi connectivity index (χ2n) is 3.20. The summed E-state index contributed by atoms with van der Waals surface area (Å²) in [4.78, 5) is 3.02. The third-order valence-electron chi connectivity index (χ3n) is 2.08. The van der Waals surface area contributed by atoms with Gasteiger partial charge in [-0.1, -0.05) is 11.6 Å². The summed E-state index contributed by atoms with van der Waals surface area (Å²) in [5.41, 5.74) is 2.18. The molecule has 0 spiro atoms. The number of aromatic nitrogens is 1. The number of hydrogen-bond donors (Lipinski definition) is 2. The van der Waals surface area contributed by atoms with Crippen molar-refractivity contribution in [1.82, 2.24) is 4.98 Å². The molecule has 0 amide bonds. The maximum Gasteiger partial charge on any atom is 0.0648 e. The van der Waals surface area contributed by atoms with Gasteiger partial charge in [0.2, 0.25) is 0 Å². The summed E-state index contributed by atoms with van der Waals surface area (Å²) in [6.07, 6.45) is 3.88. The molecule has 78 valence electrons. The number of halogens is 2. The smallest absolute Gasteiger partial charge is 0.0648 e. The van der Waals surface area contributed by atoms with Crippen LogP contribution in [0.1, 0.15) is 5.56 Å². The average molecular weight is 333 g/mol. The van der Waals surface area contributed by atoms with E-state index in [1.165, 1.54) is 5.56 Å². The van der Waals surface area contributed by atoms with Crippen molar-refractivity contribution in [2.75, 3.05) is 5.32 Å². The first kappa shape index (κ1) is 10.8. The molecular formula is C11H10ClIN2. The Morgan fingerprint density at radius 3 is 2.87 bits per heavy atom. The van der Waals surface area contributed by atoms with Gasteiger partial charge in [-0.2, -0.15) is 0 Å². The number of benzene rings is 1. The van der Waals surface area contributed by atoms with E-state index < -0.39 is 0 Å². The molecule has 0 aliphatic rings. The summed E-state index contributed by atoms with van der Waals surface area (Å²) >= 11 is 8.34. The first-order valence-electron chi connectivity index (χ1n) is 4.56. The van der Waals surface area contributed by atoms with Crippen molar-refractivity contribution in [3.05, 3.63) is 50.8 Å². The van der Waals surface area contributed by atoms with Crippen LogP contribution in [0.2, 0.25) is 5.02 Å². The highest BCUT2D eigenvalue weighted by Gasteiger charge is 2.00. The van der Waals surface area contributed by atoms with E-state index in [-0.39, 0.29) is 0 Å². The molecule has 0 saturated heterocycles. The van der Waals surface area contributed by atoms with Crippen molar-refractivity contribution in [3.63, 3.8) is 0 Å². The molecule has 0 aliphatic carbocycles. The molecule has 4 heteroatoms. The van der Waals surface area contributed by atoms with E-state index in [1.54, 1.807) is 0 Å². The Labute approximate surface area is 107 Å². The Bertz CT molecular complexity index is 440. The number of H-pyrrole nitrogens is 1. The van der Waals surface area contributed by atoms with Crippen LogP contribution in [0.4, 0.5) is 5.69 Å². The Balaban J connectivity index is 2.05. The van der Waals surface area contributed by atoms with Crippen molar-refractivity contribution in [3.8, 4) is 0 Å². The SMILES string of the molecule is Clc1cc(I)ccc1NCc1cc[nH]c1. The molecule has 0 bridgehead atoms. The fraction of sp³-hybridized carbons (Fsp3) is 0.0909. The van der Waals surface area contributed by atoms with E-state index in [2.05, 4.69) is 32.9 Å². The molecule has 2 nitrogen and oxygen atoms in total. The van der Waals surface area contributed by atoms with Crippen LogP contribution in [0.3, 0.4) is 0 Å². The lowest BCUT2D eigenvalue weighted by atomic mass is 10.3. The lowest BCUT2D eigenvalue weighted by Gasteiger charge is -2.07. The van der Waals surface area contributed by atoms with Crippen LogP contribution < -0.4 is 5.32 Å². The summed E-state index contributed by atoms with van der Waals surface area (Å²) < 4.78 is 1.14. The van der Waals surface area contributed by atoms with Crippen LogP contribution >= 0.6 is 34.2 Å². The van der Waals surface area contributed by atoms with Crippen LogP contribution in [-0.2, 0) is 6.54 Å². The minimum Gasteiger partial charge on any atom is -0.380 e. The predicted molar refractivity (Wildman–Crippen MR) is 72.3 cm³/mol. The summed E-state index contributed by atoms with van der Waals surface area (Å²) in [5.74, 6) is 0. The van der Waals surface area contributed by atoms with Gasteiger partial charge in [-0.05, 0) is 52.4 Å². The molecule has 0 atom stereocenters. The molecule has 1 aromatic heterocycles. The maximum absolute atomic E-state index is 6.09. The van der Waals surface area contributed by atoms with Crippen LogP contribution in [-0.4, -0.2) is 4.98 Å². The van der Waals surface area contributed by atoms with Crippen LogP contribution in [0.5, 0.6) is 0 Å². The Kier molecular flexibility index (Phi) is 3.53. The highest BCUT2D eigenvalue weighted by molar-refractivity contribution is 14.1. The standard InChI is InChI=1S/C11H10ClIN2/c12-10-5-9(13)1-2-11(10)15-7-8-3-4-14-6-8/h1-6,14-15H,7H2. The molecule has 1 aromatic carbocycles. The van der Waals surface area contributed by atoms with Gasteiger partial charge in [0.15, 0.2) is 0 Å². The number of aromatic amines is 1. The quantitative estimate of drug-likeness (QED) is 0.820. The van der Waals surface area contributed by atoms with Gasteiger partial charge >= 0.3 is 0 Å². The van der Waals surface area contributed by atoms with Crippen molar-refractivity contribution < 1.29 is 0 Å². The van der Waals surface area contributed by atoms with E-state index in [1.807, 2.05) is 36.7 Å². The average Bonchev–Trinajstić information content (AvgIpc) is 2.69. The molecule has 0 unspecified atom stereocenters. The third-order valence-corrected chi connectivity index (χ3v) is 3.06. The Morgan fingerprint density at radius 2 is 2.20 bits per heavy atom. The molecule has 0 radical (unpaired) electrons. The van der Waals surface area contributed by atoms with Gasteiger partial charge in [0.25, 0.3) is 0 Å². The highest BCUT2D eigenvalue weighted by Crippen LogP contribution is 2.24. The lowest BCUT2D eigenvalue weighted by Crippen LogP contribution is -1.98. The molecule has 2 N–H and O–H groups in total. The van der Waals surface area contributed by atoms with Crippen molar-refractivity contribution >= 4 is 39.9 Å². The summed E-state index contributed by atoms with van der Waals surface area (Å²) in [7, 11) is 0. The maximum atomic E-state index is 6.09. The van der Waals surface area contributed by atoms with E-state index in [4.69, 9.17) is 11.6 Å². The molecular weight excluding hydrogens is 322 g/mol. The second-order valence-corrected chi connectivity index (χ2v) is 4.85. The van der Waals surface area contributed by atoms with Gasteiger partial charge in [-0.3, -0.25) is 0 Å². The largest absolute Gasteiger partial charge is 0.380 e. The minimum absolute atomic E-state index is 0.762. The first-order chi connectivity index (χ1) is 7.25. The van der Waals surface area contributed by atoms with Crippen molar-refractivity contribution in [2.45, 2.75) is 6.54 Å². The fourth-order valence-electron chi connectivity index (χ4n) is 1.30. The zero-order chi connectivity index (χ0) is 10.7. The molecule has 1 heterocycles. The molecule has 2 rings (SSSR count). The predicted octanol–water partition coefficient (Wildman–Crippen LogP) is 3.88. The minimum atomic E-state index is 0.762. The van der Waals surface area contributed by atoms with Crippen molar-refractivity contribution in [1.29, 1.82) is 0 Å². The van der Waals surface area contributed by atoms with Crippen LogP contribution in [0, 0.1) is 3.57 Å². The number of rotatable bonds is 3. The fourth-order valence-corrected chi connectivity index (χ4v) is 2.22. The molecule has 0 aliphatic heterocycles. The van der Waals surface area contributed by atoms with E-state index in [0.29, 0.717) is 0 Å². The van der Waals surface area contributed by atoms with Gasteiger partial charge in [-0.25, -0.2) is 0 Å². The highest BCUT2D eigenvalue weighted by atomic mass is 127. The van der Waals surface area contributed by atoms with Gasteiger partial charge in [0.05, 0.1) is 10.7 Å². The molecule has 0 fully saturated rings. The van der Waals surface area contributed by atoms with Gasteiger partial charge in [0, 0.05) is 22.5 Å². The molecule has 15 heavy (non-hydrogen) atoms. The van der Waals surface area contributed by atoms with Crippen LogP contribution in [0.15, 0.2) is 36.7 Å². The normalized spacial score (nSPS) is 10.3. The lowest BCUT2D eigenvalue weighted by molar-refractivity contribution is 1.15. The number of anilines is 1. The van der Waals surface area contributed by atoms with E-state index >= 15 is 0 Å². The Hall–Kier alpha value is -0.680. The van der Waals surface area contributed by atoms with E-state index in [9.17, 15) is 0 Å². The molecule has 0 saturated carbocycles. The topological polar surface area (TPSA) is 27.8 Å². The monoisotopic (exact) mass is 332 g/mol. The summed E-state index contributed by atoms with van der Waals surface area (Å²) in [5, 5.41) is 4.05. The van der Waals surface area contributed by atoms with Gasteiger partial charge in [0.1, 0.15) is 0 Å². The van der Waals surface area contributed by atoms with Gasteiger partial charge < -0.3 is 10.3 Å². The Morgan fingerprint density at radius 1 is 1.33 bits per heavy atom. The second kappa shape index (κ2) is 4.90. The zero-order valence-corrected chi connectivity index (χ0v) is 10.8.